The molecule has 0 spiro atoms. The van der Waals surface area contributed by atoms with Crippen LogP contribution in [0.25, 0.3) is 6.08 Å². The van der Waals surface area contributed by atoms with Gasteiger partial charge in [0.1, 0.15) is 0 Å². The Morgan fingerprint density at radius 3 is 2.41 bits per heavy atom. The average molecular weight is 255 g/mol. The molecule has 0 aromatic heterocycles. The van der Waals surface area contributed by atoms with Crippen LogP contribution >= 0.6 is 0 Å². The van der Waals surface area contributed by atoms with Gasteiger partial charge in [0.2, 0.25) is 10.0 Å². The molecule has 0 amide bonds. The maximum absolute atomic E-state index is 11.7. The van der Waals surface area contributed by atoms with Crippen molar-refractivity contribution in [2.24, 2.45) is 0 Å². The smallest absolute Gasteiger partial charge is 0.234 e. The van der Waals surface area contributed by atoms with Crippen LogP contribution in [0.1, 0.15) is 19.4 Å². The van der Waals surface area contributed by atoms with E-state index >= 15 is 0 Å². The summed E-state index contributed by atoms with van der Waals surface area (Å²) >= 11 is 0. The normalized spacial score (nSPS) is 13.1. The largest absolute Gasteiger partial charge is 0.394 e. The zero-order valence-electron chi connectivity index (χ0n) is 9.92. The van der Waals surface area contributed by atoms with Gasteiger partial charge in [0.25, 0.3) is 0 Å². The Kier molecular flexibility index (Phi) is 4.45. The second-order valence-corrected chi connectivity index (χ2v) is 5.97. The molecule has 17 heavy (non-hydrogen) atoms. The van der Waals surface area contributed by atoms with Gasteiger partial charge in [-0.25, -0.2) is 13.1 Å². The van der Waals surface area contributed by atoms with Gasteiger partial charge in [-0.15, -0.1) is 0 Å². The molecule has 0 aliphatic heterocycles. The molecule has 0 bridgehead atoms. The highest BCUT2D eigenvalue weighted by atomic mass is 32.2. The minimum Gasteiger partial charge on any atom is -0.394 e. The Morgan fingerprint density at radius 2 is 1.88 bits per heavy atom. The number of sulfonamides is 1. The summed E-state index contributed by atoms with van der Waals surface area (Å²) in [5.41, 5.74) is -0.0560. The molecule has 5 heteroatoms. The van der Waals surface area contributed by atoms with Crippen LogP contribution in [0.2, 0.25) is 0 Å². The second-order valence-electron chi connectivity index (χ2n) is 4.40. The number of nitrogens with one attached hydrogen (secondary N) is 1. The first kappa shape index (κ1) is 13.9. The van der Waals surface area contributed by atoms with E-state index in [-0.39, 0.29) is 6.61 Å². The van der Waals surface area contributed by atoms with Crippen molar-refractivity contribution >= 4 is 16.1 Å². The van der Waals surface area contributed by atoms with Crippen LogP contribution in [0.5, 0.6) is 0 Å². The van der Waals surface area contributed by atoms with Gasteiger partial charge in [0.15, 0.2) is 0 Å². The molecular weight excluding hydrogens is 238 g/mol. The standard InChI is InChI=1S/C12H17NO3S/c1-12(2,10-14)13-17(15,16)9-8-11-6-4-3-5-7-11/h3-9,13-14H,10H2,1-2H3/b9-8+. The number of hydrogen-bond donors (Lipinski definition) is 2. The van der Waals surface area contributed by atoms with Gasteiger partial charge < -0.3 is 5.11 Å². The van der Waals surface area contributed by atoms with E-state index in [0.29, 0.717) is 0 Å². The van der Waals surface area contributed by atoms with Crippen molar-refractivity contribution in [3.05, 3.63) is 41.3 Å². The molecule has 0 fully saturated rings. The summed E-state index contributed by atoms with van der Waals surface area (Å²) in [7, 11) is -3.54. The predicted octanol–water partition coefficient (Wildman–Crippen LogP) is 1.35. The van der Waals surface area contributed by atoms with Crippen molar-refractivity contribution in [1.82, 2.24) is 4.72 Å². The lowest BCUT2D eigenvalue weighted by Gasteiger charge is -2.21. The summed E-state index contributed by atoms with van der Waals surface area (Å²) in [5.74, 6) is 0. The minimum atomic E-state index is -3.54. The van der Waals surface area contributed by atoms with E-state index in [0.717, 1.165) is 11.0 Å². The molecule has 0 saturated heterocycles. The molecule has 0 saturated carbocycles. The van der Waals surface area contributed by atoms with Crippen molar-refractivity contribution < 1.29 is 13.5 Å². The van der Waals surface area contributed by atoms with Crippen molar-refractivity contribution in [3.8, 4) is 0 Å². The summed E-state index contributed by atoms with van der Waals surface area (Å²) in [5, 5.41) is 10.1. The zero-order chi connectivity index (χ0) is 12.9. The first-order chi connectivity index (χ1) is 7.85. The number of aliphatic hydroxyl groups is 1. The molecule has 1 rings (SSSR count). The van der Waals surface area contributed by atoms with E-state index < -0.39 is 15.6 Å². The highest BCUT2D eigenvalue weighted by molar-refractivity contribution is 7.92. The molecule has 94 valence electrons. The Bertz CT molecular complexity index is 478. The molecule has 0 radical (unpaired) electrons. The van der Waals surface area contributed by atoms with Crippen molar-refractivity contribution in [3.63, 3.8) is 0 Å². The highest BCUT2D eigenvalue weighted by Gasteiger charge is 2.21. The molecule has 0 unspecified atom stereocenters. The fraction of sp³-hybridized carbons (Fsp3) is 0.333. The monoisotopic (exact) mass is 255 g/mol. The number of aliphatic hydroxyl groups excluding tert-OH is 1. The maximum Gasteiger partial charge on any atom is 0.234 e. The van der Waals surface area contributed by atoms with Crippen LogP contribution in [0.15, 0.2) is 35.7 Å². The lowest BCUT2D eigenvalue weighted by Crippen LogP contribution is -2.45. The van der Waals surface area contributed by atoms with Crippen molar-refractivity contribution in [1.29, 1.82) is 0 Å². The quantitative estimate of drug-likeness (QED) is 0.834. The first-order valence-electron chi connectivity index (χ1n) is 5.23. The summed E-state index contributed by atoms with van der Waals surface area (Å²) < 4.78 is 25.7. The third-order valence-electron chi connectivity index (χ3n) is 2.05. The highest BCUT2D eigenvalue weighted by Crippen LogP contribution is 2.06. The molecule has 0 heterocycles. The van der Waals surface area contributed by atoms with Gasteiger partial charge in [0, 0.05) is 5.41 Å². The Hall–Kier alpha value is -1.17. The van der Waals surface area contributed by atoms with Crippen LogP contribution in [0.4, 0.5) is 0 Å². The molecule has 0 aliphatic rings. The predicted molar refractivity (Wildman–Crippen MR) is 68.7 cm³/mol. The summed E-state index contributed by atoms with van der Waals surface area (Å²) in [6, 6.07) is 9.14. The van der Waals surface area contributed by atoms with Gasteiger partial charge in [-0.3, -0.25) is 0 Å². The summed E-state index contributed by atoms with van der Waals surface area (Å²) in [6.07, 6.45) is 1.51. The van der Waals surface area contributed by atoms with Crippen LogP contribution in [0.3, 0.4) is 0 Å². The molecule has 0 atom stereocenters. The van der Waals surface area contributed by atoms with Gasteiger partial charge in [0.05, 0.1) is 12.1 Å². The van der Waals surface area contributed by atoms with Crippen molar-refractivity contribution in [2.45, 2.75) is 19.4 Å². The van der Waals surface area contributed by atoms with Gasteiger partial charge in [-0.2, -0.15) is 0 Å². The zero-order valence-corrected chi connectivity index (χ0v) is 10.7. The lowest BCUT2D eigenvalue weighted by atomic mass is 10.1. The average Bonchev–Trinajstić information content (AvgIpc) is 2.27. The summed E-state index contributed by atoms with van der Waals surface area (Å²) in [6.45, 7) is 2.97. The van der Waals surface area contributed by atoms with E-state index in [9.17, 15) is 8.42 Å². The van der Waals surface area contributed by atoms with E-state index in [1.54, 1.807) is 13.8 Å². The molecule has 1 aromatic carbocycles. The first-order valence-corrected chi connectivity index (χ1v) is 6.77. The number of benzene rings is 1. The Labute approximate surface area is 102 Å². The maximum atomic E-state index is 11.7. The number of hydrogen-bond acceptors (Lipinski definition) is 3. The van der Waals surface area contributed by atoms with E-state index in [4.69, 9.17) is 5.11 Å². The van der Waals surface area contributed by atoms with Gasteiger partial charge >= 0.3 is 0 Å². The van der Waals surface area contributed by atoms with Gasteiger partial charge in [-0.05, 0) is 25.5 Å². The van der Waals surface area contributed by atoms with Gasteiger partial charge in [-0.1, -0.05) is 30.3 Å². The van der Waals surface area contributed by atoms with E-state index in [1.165, 1.54) is 6.08 Å². The molecule has 2 N–H and O–H groups in total. The third-order valence-corrected chi connectivity index (χ3v) is 3.38. The molecule has 0 aliphatic carbocycles. The fourth-order valence-corrected chi connectivity index (χ4v) is 2.42. The van der Waals surface area contributed by atoms with E-state index in [2.05, 4.69) is 4.72 Å². The lowest BCUT2D eigenvalue weighted by molar-refractivity contribution is 0.209. The van der Waals surface area contributed by atoms with Crippen LogP contribution in [0, 0.1) is 0 Å². The Balaban J connectivity index is 2.78. The van der Waals surface area contributed by atoms with E-state index in [1.807, 2.05) is 30.3 Å². The molecule has 4 nitrogen and oxygen atoms in total. The minimum absolute atomic E-state index is 0.259. The molecule has 1 aromatic rings. The second kappa shape index (κ2) is 5.44. The summed E-state index contributed by atoms with van der Waals surface area (Å²) in [4.78, 5) is 0. The number of rotatable bonds is 5. The Morgan fingerprint density at radius 1 is 1.29 bits per heavy atom. The van der Waals surface area contributed by atoms with Crippen LogP contribution in [-0.4, -0.2) is 25.7 Å². The van der Waals surface area contributed by atoms with Crippen molar-refractivity contribution in [2.75, 3.05) is 6.61 Å². The fourth-order valence-electron chi connectivity index (χ4n) is 1.18. The van der Waals surface area contributed by atoms with Crippen LogP contribution < -0.4 is 4.72 Å². The SMILES string of the molecule is CC(C)(CO)NS(=O)(=O)/C=C/c1ccccc1. The third kappa shape index (κ3) is 5.12. The van der Waals surface area contributed by atoms with Crippen LogP contribution in [-0.2, 0) is 10.0 Å². The molecular formula is C12H17NO3S. The topological polar surface area (TPSA) is 66.4 Å².